The van der Waals surface area contributed by atoms with Gasteiger partial charge in [-0.25, -0.2) is 4.98 Å². The Kier molecular flexibility index (Phi) is 5.84. The summed E-state index contributed by atoms with van der Waals surface area (Å²) in [6.45, 7) is 2.68. The zero-order valence-corrected chi connectivity index (χ0v) is 18.4. The molecule has 7 nitrogen and oxygen atoms in total. The van der Waals surface area contributed by atoms with Gasteiger partial charge in [-0.3, -0.25) is 19.3 Å². The molecule has 4 rings (SSSR count). The highest BCUT2D eigenvalue weighted by molar-refractivity contribution is 7.18. The van der Waals surface area contributed by atoms with Crippen LogP contribution >= 0.6 is 11.3 Å². The van der Waals surface area contributed by atoms with Gasteiger partial charge in [0.2, 0.25) is 0 Å². The number of thiazole rings is 1. The van der Waals surface area contributed by atoms with Gasteiger partial charge in [-0.05, 0) is 43.7 Å². The molecule has 0 N–H and O–H groups in total. The summed E-state index contributed by atoms with van der Waals surface area (Å²) in [6.07, 6.45) is 0.566. The number of carbonyl (C=O) groups is 3. The quantitative estimate of drug-likeness (QED) is 0.415. The Bertz CT molecular complexity index is 1140. The molecule has 3 amide bonds. The number of hydrogen-bond donors (Lipinski definition) is 0. The molecule has 0 spiro atoms. The van der Waals surface area contributed by atoms with Crippen molar-refractivity contribution < 1.29 is 19.1 Å². The van der Waals surface area contributed by atoms with Crippen LogP contribution in [0.1, 0.15) is 55.5 Å². The minimum atomic E-state index is -0.368. The summed E-state index contributed by atoms with van der Waals surface area (Å²) in [4.78, 5) is 45.9. The van der Waals surface area contributed by atoms with Crippen molar-refractivity contribution in [2.45, 2.75) is 19.4 Å². The third-order valence-corrected chi connectivity index (χ3v) is 6.72. The summed E-state index contributed by atoms with van der Waals surface area (Å²) in [5.41, 5.74) is 1.88. The van der Waals surface area contributed by atoms with Crippen LogP contribution in [-0.2, 0) is 4.74 Å². The van der Waals surface area contributed by atoms with E-state index in [1.165, 1.54) is 11.0 Å². The van der Waals surface area contributed by atoms with Crippen LogP contribution in [0.25, 0.3) is 10.2 Å². The molecule has 1 aliphatic heterocycles. The minimum absolute atomic E-state index is 0.229. The lowest BCUT2D eigenvalue weighted by Crippen LogP contribution is -2.31. The van der Waals surface area contributed by atoms with E-state index < -0.39 is 0 Å². The van der Waals surface area contributed by atoms with E-state index in [1.807, 2.05) is 31.2 Å². The van der Waals surface area contributed by atoms with Crippen LogP contribution in [0.5, 0.6) is 0 Å². The molecule has 3 aromatic rings. The summed E-state index contributed by atoms with van der Waals surface area (Å²) >= 11 is 1.56. The molecule has 2 heterocycles. The second-order valence-electron chi connectivity index (χ2n) is 7.48. The number of para-hydroxylation sites is 1. The van der Waals surface area contributed by atoms with Gasteiger partial charge in [-0.15, -0.1) is 11.3 Å². The first-order chi connectivity index (χ1) is 14.9. The lowest BCUT2D eigenvalue weighted by molar-refractivity contribution is 0.0638. The number of ether oxygens (including phenoxy) is 1. The van der Waals surface area contributed by atoms with Gasteiger partial charge in [0.05, 0.1) is 27.4 Å². The highest BCUT2D eigenvalue weighted by Gasteiger charge is 2.36. The molecule has 0 aliphatic carbocycles. The molecule has 1 aromatic heterocycles. The second kappa shape index (κ2) is 8.56. The summed E-state index contributed by atoms with van der Waals surface area (Å²) in [5.74, 6) is -0.924. The van der Waals surface area contributed by atoms with Crippen molar-refractivity contribution in [2.24, 2.45) is 0 Å². The zero-order chi connectivity index (χ0) is 22.1. The molecule has 8 heteroatoms. The van der Waals surface area contributed by atoms with Gasteiger partial charge < -0.3 is 9.64 Å². The molecular weight excluding hydrogens is 414 g/mol. The summed E-state index contributed by atoms with van der Waals surface area (Å²) in [6, 6.07) is 12.3. The molecule has 1 aliphatic rings. The predicted octanol–water partition coefficient (Wildman–Crippen LogP) is 3.76. The average molecular weight is 438 g/mol. The van der Waals surface area contributed by atoms with E-state index in [4.69, 9.17) is 4.74 Å². The van der Waals surface area contributed by atoms with Crippen LogP contribution in [0.2, 0.25) is 0 Å². The van der Waals surface area contributed by atoms with Crippen molar-refractivity contribution in [1.82, 2.24) is 14.8 Å². The molecule has 0 saturated carbocycles. The molecule has 2 aromatic carbocycles. The van der Waals surface area contributed by atoms with Crippen molar-refractivity contribution in [3.63, 3.8) is 0 Å². The SMILES string of the molecule is COCCCN1C(=O)c2ccc(C(=O)N(C)C(C)c3nc4ccccc4s3)cc2C1=O. The van der Waals surface area contributed by atoms with E-state index in [1.54, 1.807) is 42.5 Å². The number of amides is 3. The molecule has 1 unspecified atom stereocenters. The van der Waals surface area contributed by atoms with Crippen molar-refractivity contribution >= 4 is 39.3 Å². The molecular formula is C23H23N3O4S. The highest BCUT2D eigenvalue weighted by atomic mass is 32.1. The maximum absolute atomic E-state index is 13.1. The summed E-state index contributed by atoms with van der Waals surface area (Å²) in [7, 11) is 3.29. The standard InChI is InChI=1S/C23H23N3O4S/c1-14(20-24-18-7-4-5-8-19(18)31-20)25(2)21(27)15-9-10-16-17(13-15)23(29)26(22(16)28)11-6-12-30-3/h4-5,7-10,13-14H,6,11-12H2,1-3H3. The van der Waals surface area contributed by atoms with E-state index >= 15 is 0 Å². The summed E-state index contributed by atoms with van der Waals surface area (Å²) < 4.78 is 6.07. The van der Waals surface area contributed by atoms with Gasteiger partial charge in [0.25, 0.3) is 17.7 Å². The molecule has 1 atom stereocenters. The monoisotopic (exact) mass is 437 g/mol. The topological polar surface area (TPSA) is 79.8 Å². The number of fused-ring (bicyclic) bond motifs is 2. The smallest absolute Gasteiger partial charge is 0.261 e. The lowest BCUT2D eigenvalue weighted by atomic mass is 10.0. The van der Waals surface area contributed by atoms with Crippen molar-refractivity contribution in [3.8, 4) is 0 Å². The van der Waals surface area contributed by atoms with Crippen molar-refractivity contribution in [2.75, 3.05) is 27.3 Å². The third kappa shape index (κ3) is 3.84. The van der Waals surface area contributed by atoms with Gasteiger partial charge in [0, 0.05) is 32.9 Å². The van der Waals surface area contributed by atoms with Crippen molar-refractivity contribution in [3.05, 3.63) is 64.2 Å². The van der Waals surface area contributed by atoms with Crippen LogP contribution < -0.4 is 0 Å². The van der Waals surface area contributed by atoms with E-state index in [9.17, 15) is 14.4 Å². The Morgan fingerprint density at radius 3 is 2.65 bits per heavy atom. The fraction of sp³-hybridized carbons (Fsp3) is 0.304. The number of carbonyl (C=O) groups excluding carboxylic acids is 3. The third-order valence-electron chi connectivity index (χ3n) is 5.52. The van der Waals surface area contributed by atoms with E-state index in [0.29, 0.717) is 24.2 Å². The molecule has 0 fully saturated rings. The van der Waals surface area contributed by atoms with Gasteiger partial charge in [-0.1, -0.05) is 12.1 Å². The largest absolute Gasteiger partial charge is 0.385 e. The Morgan fingerprint density at radius 2 is 1.90 bits per heavy atom. The Hall–Kier alpha value is -3.10. The van der Waals surface area contributed by atoms with E-state index in [0.717, 1.165) is 15.2 Å². The van der Waals surface area contributed by atoms with Crippen LogP contribution in [0.3, 0.4) is 0 Å². The van der Waals surface area contributed by atoms with Gasteiger partial charge >= 0.3 is 0 Å². The number of nitrogens with zero attached hydrogens (tertiary/aromatic N) is 3. The number of rotatable bonds is 7. The van der Waals surface area contributed by atoms with Crippen molar-refractivity contribution in [1.29, 1.82) is 0 Å². The number of aromatic nitrogens is 1. The lowest BCUT2D eigenvalue weighted by Gasteiger charge is -2.23. The highest BCUT2D eigenvalue weighted by Crippen LogP contribution is 2.30. The first-order valence-corrected chi connectivity index (χ1v) is 10.9. The first-order valence-electron chi connectivity index (χ1n) is 10.0. The molecule has 160 valence electrons. The van der Waals surface area contributed by atoms with Gasteiger partial charge in [0.1, 0.15) is 5.01 Å². The number of hydrogen-bond acceptors (Lipinski definition) is 6. The maximum Gasteiger partial charge on any atom is 0.261 e. The Balaban J connectivity index is 1.54. The molecule has 0 bridgehead atoms. The van der Waals surface area contributed by atoms with E-state index in [-0.39, 0.29) is 35.9 Å². The van der Waals surface area contributed by atoms with E-state index in [2.05, 4.69) is 4.98 Å². The molecule has 31 heavy (non-hydrogen) atoms. The Morgan fingerprint density at radius 1 is 1.16 bits per heavy atom. The molecule has 0 saturated heterocycles. The van der Waals surface area contributed by atoms with Crippen LogP contribution in [0.15, 0.2) is 42.5 Å². The van der Waals surface area contributed by atoms with Crippen LogP contribution in [0.4, 0.5) is 0 Å². The van der Waals surface area contributed by atoms with Gasteiger partial charge in [-0.2, -0.15) is 0 Å². The summed E-state index contributed by atoms with van der Waals surface area (Å²) in [5, 5.41) is 0.841. The average Bonchev–Trinajstić information content (AvgIpc) is 3.32. The Labute approximate surface area is 184 Å². The second-order valence-corrected chi connectivity index (χ2v) is 8.54. The predicted molar refractivity (Wildman–Crippen MR) is 118 cm³/mol. The number of methoxy groups -OCH3 is 1. The van der Waals surface area contributed by atoms with Gasteiger partial charge in [0.15, 0.2) is 0 Å². The minimum Gasteiger partial charge on any atom is -0.385 e. The normalized spacial score (nSPS) is 14.2. The number of imide groups is 1. The first kappa shape index (κ1) is 21.1. The number of benzene rings is 2. The maximum atomic E-state index is 13.1. The fourth-order valence-corrected chi connectivity index (χ4v) is 4.67. The van der Waals surface area contributed by atoms with Crippen LogP contribution in [0, 0.1) is 0 Å². The fourth-order valence-electron chi connectivity index (χ4n) is 3.61. The van der Waals surface area contributed by atoms with Crippen LogP contribution in [-0.4, -0.2) is 59.8 Å². The zero-order valence-electron chi connectivity index (χ0n) is 17.6. The molecule has 0 radical (unpaired) electrons.